The maximum absolute atomic E-state index is 5.24. The molecule has 0 aromatic rings. The van der Waals surface area contributed by atoms with Crippen LogP contribution < -0.4 is 0 Å². The highest BCUT2D eigenvalue weighted by molar-refractivity contribution is 4.79. The maximum atomic E-state index is 5.24. The third-order valence-corrected chi connectivity index (χ3v) is 3.44. The molecule has 0 bridgehead atoms. The summed E-state index contributed by atoms with van der Waals surface area (Å²) in [5.74, 6) is 1.84. The third-order valence-electron chi connectivity index (χ3n) is 3.44. The Morgan fingerprint density at radius 1 is 1.31 bits per heavy atom. The van der Waals surface area contributed by atoms with Crippen LogP contribution in [-0.2, 0) is 4.74 Å². The topological polar surface area (TPSA) is 15.8 Å². The number of ether oxygens (including phenoxy) is 1. The average Bonchev–Trinajstić information content (AvgIpc) is 2.89. The van der Waals surface area contributed by atoms with Gasteiger partial charge in [0.2, 0.25) is 0 Å². The van der Waals surface area contributed by atoms with Crippen molar-refractivity contribution in [2.75, 3.05) is 26.2 Å². The predicted molar refractivity (Wildman–Crippen MR) is 53.7 cm³/mol. The van der Waals surface area contributed by atoms with Gasteiger partial charge in [-0.2, -0.15) is 0 Å². The Morgan fingerprint density at radius 2 is 1.92 bits per heavy atom. The molecule has 2 rings (SSSR count). The SMILES string of the molecule is CC(C)C1CCN(C[C@H]2CO2)CC1. The highest BCUT2D eigenvalue weighted by atomic mass is 16.6. The quantitative estimate of drug-likeness (QED) is 0.620. The lowest BCUT2D eigenvalue weighted by molar-refractivity contribution is 0.148. The number of likely N-dealkylation sites (tertiary alicyclic amines) is 1. The van der Waals surface area contributed by atoms with Gasteiger partial charge in [-0.25, -0.2) is 0 Å². The van der Waals surface area contributed by atoms with Gasteiger partial charge in [0.25, 0.3) is 0 Å². The van der Waals surface area contributed by atoms with E-state index in [4.69, 9.17) is 4.74 Å². The summed E-state index contributed by atoms with van der Waals surface area (Å²) in [7, 11) is 0. The van der Waals surface area contributed by atoms with Gasteiger partial charge in [-0.05, 0) is 37.8 Å². The third kappa shape index (κ3) is 2.68. The summed E-state index contributed by atoms with van der Waals surface area (Å²) in [5.41, 5.74) is 0. The van der Waals surface area contributed by atoms with Crippen molar-refractivity contribution in [2.24, 2.45) is 11.8 Å². The van der Waals surface area contributed by atoms with Crippen LogP contribution in [0.3, 0.4) is 0 Å². The van der Waals surface area contributed by atoms with Gasteiger partial charge in [-0.15, -0.1) is 0 Å². The lowest BCUT2D eigenvalue weighted by Crippen LogP contribution is -2.37. The number of piperidine rings is 1. The van der Waals surface area contributed by atoms with Gasteiger partial charge < -0.3 is 9.64 Å². The van der Waals surface area contributed by atoms with E-state index in [9.17, 15) is 0 Å². The Bertz CT molecular complexity index is 157. The molecule has 0 radical (unpaired) electrons. The smallest absolute Gasteiger partial charge is 0.0936 e. The van der Waals surface area contributed by atoms with Crippen molar-refractivity contribution in [1.29, 1.82) is 0 Å². The molecule has 2 nitrogen and oxygen atoms in total. The van der Waals surface area contributed by atoms with Crippen LogP contribution in [0.1, 0.15) is 26.7 Å². The molecule has 13 heavy (non-hydrogen) atoms. The Kier molecular flexibility index (Phi) is 2.89. The zero-order valence-corrected chi connectivity index (χ0v) is 8.83. The molecule has 2 aliphatic heterocycles. The summed E-state index contributed by atoms with van der Waals surface area (Å²) >= 11 is 0. The van der Waals surface area contributed by atoms with E-state index in [0.717, 1.165) is 18.4 Å². The van der Waals surface area contributed by atoms with Gasteiger partial charge in [-0.3, -0.25) is 0 Å². The molecule has 2 saturated heterocycles. The first-order valence-corrected chi connectivity index (χ1v) is 5.59. The normalized spacial score (nSPS) is 31.2. The largest absolute Gasteiger partial charge is 0.372 e. The molecule has 2 heteroatoms. The molecule has 2 fully saturated rings. The van der Waals surface area contributed by atoms with E-state index in [1.54, 1.807) is 0 Å². The highest BCUT2D eigenvalue weighted by Gasteiger charge is 2.28. The van der Waals surface area contributed by atoms with E-state index in [0.29, 0.717) is 6.10 Å². The standard InChI is InChI=1S/C11H21NO/c1-9(2)10-3-5-12(6-4-10)7-11-8-13-11/h9-11H,3-8H2,1-2H3/t11-/m0/s1. The van der Waals surface area contributed by atoms with Gasteiger partial charge in [0.05, 0.1) is 12.7 Å². The second-order valence-electron chi connectivity index (χ2n) is 4.84. The lowest BCUT2D eigenvalue weighted by Gasteiger charge is -2.33. The first-order valence-electron chi connectivity index (χ1n) is 5.59. The first kappa shape index (κ1) is 9.47. The molecule has 2 aliphatic rings. The van der Waals surface area contributed by atoms with E-state index < -0.39 is 0 Å². The fourth-order valence-electron chi connectivity index (χ4n) is 2.26. The predicted octanol–water partition coefficient (Wildman–Crippen LogP) is 1.75. The number of hydrogen-bond acceptors (Lipinski definition) is 2. The Labute approximate surface area is 81.3 Å². The van der Waals surface area contributed by atoms with Crippen molar-refractivity contribution in [1.82, 2.24) is 4.90 Å². The van der Waals surface area contributed by atoms with E-state index in [1.807, 2.05) is 0 Å². The summed E-state index contributed by atoms with van der Waals surface area (Å²) < 4.78 is 5.24. The molecule has 1 atom stereocenters. The lowest BCUT2D eigenvalue weighted by atomic mass is 9.87. The molecule has 0 aromatic carbocycles. The van der Waals surface area contributed by atoms with Gasteiger partial charge in [0.15, 0.2) is 0 Å². The number of hydrogen-bond donors (Lipinski definition) is 0. The average molecular weight is 183 g/mol. The molecule has 0 aromatic heterocycles. The number of nitrogens with zero attached hydrogens (tertiary/aromatic N) is 1. The summed E-state index contributed by atoms with van der Waals surface area (Å²) in [4.78, 5) is 2.57. The molecule has 2 heterocycles. The van der Waals surface area contributed by atoms with Crippen molar-refractivity contribution in [3.05, 3.63) is 0 Å². The Hall–Kier alpha value is -0.0800. The fraction of sp³-hybridized carbons (Fsp3) is 1.00. The molecule has 0 spiro atoms. The van der Waals surface area contributed by atoms with Gasteiger partial charge in [0.1, 0.15) is 0 Å². The maximum Gasteiger partial charge on any atom is 0.0936 e. The molecule has 0 aliphatic carbocycles. The van der Waals surface area contributed by atoms with Gasteiger partial charge >= 0.3 is 0 Å². The van der Waals surface area contributed by atoms with Gasteiger partial charge in [0, 0.05) is 6.54 Å². The summed E-state index contributed by atoms with van der Waals surface area (Å²) in [6.07, 6.45) is 3.37. The van der Waals surface area contributed by atoms with Gasteiger partial charge in [-0.1, -0.05) is 13.8 Å². The molecule has 0 amide bonds. The second-order valence-corrected chi connectivity index (χ2v) is 4.84. The van der Waals surface area contributed by atoms with E-state index in [1.165, 1.54) is 32.5 Å². The minimum absolute atomic E-state index is 0.579. The van der Waals surface area contributed by atoms with Crippen LogP contribution in [0.4, 0.5) is 0 Å². The molecular weight excluding hydrogens is 162 g/mol. The summed E-state index contributed by atoms with van der Waals surface area (Å²) in [6.45, 7) is 9.48. The van der Waals surface area contributed by atoms with Crippen molar-refractivity contribution in [3.8, 4) is 0 Å². The van der Waals surface area contributed by atoms with Crippen molar-refractivity contribution in [3.63, 3.8) is 0 Å². The first-order chi connectivity index (χ1) is 6.25. The highest BCUT2D eigenvalue weighted by Crippen LogP contribution is 2.25. The zero-order valence-electron chi connectivity index (χ0n) is 8.83. The monoisotopic (exact) mass is 183 g/mol. The Morgan fingerprint density at radius 3 is 2.38 bits per heavy atom. The van der Waals surface area contributed by atoms with E-state index in [-0.39, 0.29) is 0 Å². The molecule has 0 N–H and O–H groups in total. The molecule has 0 saturated carbocycles. The van der Waals surface area contributed by atoms with Crippen molar-refractivity contribution in [2.45, 2.75) is 32.8 Å². The zero-order chi connectivity index (χ0) is 9.26. The minimum atomic E-state index is 0.579. The van der Waals surface area contributed by atoms with Crippen LogP contribution in [0.2, 0.25) is 0 Å². The van der Waals surface area contributed by atoms with Crippen LogP contribution in [0.5, 0.6) is 0 Å². The van der Waals surface area contributed by atoms with E-state index >= 15 is 0 Å². The molecular formula is C11H21NO. The molecule has 0 unspecified atom stereocenters. The van der Waals surface area contributed by atoms with Crippen LogP contribution in [0, 0.1) is 11.8 Å². The van der Waals surface area contributed by atoms with Crippen LogP contribution in [0.25, 0.3) is 0 Å². The van der Waals surface area contributed by atoms with Crippen LogP contribution in [-0.4, -0.2) is 37.2 Å². The van der Waals surface area contributed by atoms with E-state index in [2.05, 4.69) is 18.7 Å². The summed E-state index contributed by atoms with van der Waals surface area (Å²) in [6, 6.07) is 0. The van der Waals surface area contributed by atoms with Crippen molar-refractivity contribution < 1.29 is 4.74 Å². The van der Waals surface area contributed by atoms with Crippen molar-refractivity contribution >= 4 is 0 Å². The van der Waals surface area contributed by atoms with Crippen LogP contribution >= 0.6 is 0 Å². The number of rotatable bonds is 3. The minimum Gasteiger partial charge on any atom is -0.372 e. The number of epoxide rings is 1. The summed E-state index contributed by atoms with van der Waals surface area (Å²) in [5, 5.41) is 0. The van der Waals surface area contributed by atoms with Crippen LogP contribution in [0.15, 0.2) is 0 Å². The fourth-order valence-corrected chi connectivity index (χ4v) is 2.26. The molecule has 76 valence electrons. The Balaban J connectivity index is 1.69. The second kappa shape index (κ2) is 3.97.